The van der Waals surface area contributed by atoms with Crippen molar-refractivity contribution in [2.24, 2.45) is 5.92 Å². The Kier molecular flexibility index (Phi) is 8.66. The van der Waals surface area contributed by atoms with E-state index in [1.807, 2.05) is 30.3 Å². The quantitative estimate of drug-likeness (QED) is 0.436. The Morgan fingerprint density at radius 3 is 2.46 bits per heavy atom. The molecule has 7 heteroatoms. The van der Waals surface area contributed by atoms with Crippen LogP contribution in [0.4, 0.5) is 0 Å². The second kappa shape index (κ2) is 11.0. The van der Waals surface area contributed by atoms with Crippen molar-refractivity contribution in [3.05, 3.63) is 53.9 Å². The molecule has 2 atom stereocenters. The summed E-state index contributed by atoms with van der Waals surface area (Å²) in [6, 6.07) is 11.1. The number of benzene rings is 1. The third-order valence-corrected chi connectivity index (χ3v) is 4.08. The van der Waals surface area contributed by atoms with Gasteiger partial charge in [-0.3, -0.25) is 10.3 Å². The first kappa shape index (κ1) is 22.1. The first-order chi connectivity index (χ1) is 13.3. The van der Waals surface area contributed by atoms with Gasteiger partial charge in [-0.1, -0.05) is 32.0 Å². The number of aliphatic hydroxyl groups is 3. The van der Waals surface area contributed by atoms with Gasteiger partial charge in [0.05, 0.1) is 5.69 Å². The molecule has 2 unspecified atom stereocenters. The molecule has 0 bridgehead atoms. The topological polar surface area (TPSA) is 104 Å². The minimum Gasteiger partial charge on any atom is -0.489 e. The number of aliphatic hydroxyl groups excluding tert-OH is 2. The lowest BCUT2D eigenvalue weighted by Gasteiger charge is -2.24. The number of aromatic nitrogens is 1. The number of nitrogens with zero attached hydrogens (tertiary/aromatic N) is 1. The second-order valence-electron chi connectivity index (χ2n) is 7.15. The third-order valence-electron chi connectivity index (χ3n) is 4.08. The zero-order valence-corrected chi connectivity index (χ0v) is 16.6. The maximum Gasteiger partial charge on any atom is 0.180 e. The van der Waals surface area contributed by atoms with E-state index >= 15 is 0 Å². The molecule has 0 spiro atoms. The van der Waals surface area contributed by atoms with Gasteiger partial charge in [-0.15, -0.1) is 0 Å². The van der Waals surface area contributed by atoms with Crippen molar-refractivity contribution < 1.29 is 24.8 Å². The van der Waals surface area contributed by atoms with Crippen molar-refractivity contribution in [2.75, 3.05) is 13.2 Å². The fourth-order valence-electron chi connectivity index (χ4n) is 2.59. The number of aryl methyl sites for hydroxylation is 1. The normalized spacial score (nSPS) is 13.6. The molecule has 0 aliphatic heterocycles. The summed E-state index contributed by atoms with van der Waals surface area (Å²) >= 11 is 0. The van der Waals surface area contributed by atoms with Gasteiger partial charge in [0, 0.05) is 24.7 Å². The van der Waals surface area contributed by atoms with E-state index in [0.29, 0.717) is 23.9 Å². The highest BCUT2D eigenvalue weighted by atomic mass is 16.5. The van der Waals surface area contributed by atoms with E-state index in [4.69, 9.17) is 9.47 Å². The number of ether oxygens (including phenoxy) is 2. The number of hydrogen-bond acceptors (Lipinski definition) is 7. The van der Waals surface area contributed by atoms with Gasteiger partial charge in [0.25, 0.3) is 0 Å². The van der Waals surface area contributed by atoms with E-state index in [0.717, 1.165) is 12.2 Å². The average Bonchev–Trinajstić information content (AvgIpc) is 2.65. The number of pyridine rings is 1. The van der Waals surface area contributed by atoms with Crippen LogP contribution in [-0.2, 0) is 0 Å². The Balaban J connectivity index is 1.86. The molecule has 0 radical (unpaired) electrons. The predicted molar refractivity (Wildman–Crippen MR) is 106 cm³/mol. The van der Waals surface area contributed by atoms with E-state index in [1.54, 1.807) is 6.92 Å². The maximum atomic E-state index is 10.3. The summed E-state index contributed by atoms with van der Waals surface area (Å²) in [7, 11) is 0. The summed E-state index contributed by atoms with van der Waals surface area (Å²) in [5, 5.41) is 32.0. The Hall–Kier alpha value is -2.19. The Bertz CT molecular complexity index is 709. The van der Waals surface area contributed by atoms with Gasteiger partial charge in [-0.25, -0.2) is 0 Å². The molecule has 154 valence electrons. The highest BCUT2D eigenvalue weighted by molar-refractivity contribution is 5.31. The molecule has 0 aliphatic rings. The summed E-state index contributed by atoms with van der Waals surface area (Å²) in [6.45, 7) is 6.31. The van der Waals surface area contributed by atoms with Crippen molar-refractivity contribution in [1.29, 1.82) is 0 Å². The van der Waals surface area contributed by atoms with Crippen LogP contribution in [0.15, 0.2) is 42.6 Å². The Morgan fingerprint density at radius 1 is 1.11 bits per heavy atom. The van der Waals surface area contributed by atoms with Crippen LogP contribution in [0.5, 0.6) is 11.5 Å². The molecule has 1 aromatic carbocycles. The molecule has 0 fully saturated rings. The lowest BCUT2D eigenvalue weighted by molar-refractivity contribution is -0.0429. The maximum absolute atomic E-state index is 10.3. The molecule has 0 saturated carbocycles. The molecule has 2 aromatic rings. The predicted octanol–water partition coefficient (Wildman–Crippen LogP) is 2.15. The average molecular weight is 390 g/mol. The molecular weight excluding hydrogens is 360 g/mol. The van der Waals surface area contributed by atoms with E-state index in [9.17, 15) is 15.3 Å². The molecule has 0 aliphatic carbocycles. The Labute approximate surface area is 166 Å². The molecule has 1 aromatic heterocycles. The highest BCUT2D eigenvalue weighted by Gasteiger charge is 2.16. The molecule has 7 nitrogen and oxygen atoms in total. The van der Waals surface area contributed by atoms with Gasteiger partial charge in [0.1, 0.15) is 24.2 Å². The van der Waals surface area contributed by atoms with Gasteiger partial charge in [-0.05, 0) is 31.0 Å². The van der Waals surface area contributed by atoms with Crippen LogP contribution in [-0.4, -0.2) is 45.8 Å². The lowest BCUT2D eigenvalue weighted by atomic mass is 10.1. The number of para-hydroxylation sites is 1. The van der Waals surface area contributed by atoms with Crippen LogP contribution in [0, 0.1) is 12.8 Å². The number of hydrogen-bond donors (Lipinski definition) is 4. The molecule has 4 N–H and O–H groups in total. The van der Waals surface area contributed by atoms with Crippen molar-refractivity contribution >= 4 is 0 Å². The summed E-state index contributed by atoms with van der Waals surface area (Å²) in [5.74, 6) is 1.60. The first-order valence-corrected chi connectivity index (χ1v) is 9.43. The van der Waals surface area contributed by atoms with E-state index in [2.05, 4.69) is 24.1 Å². The summed E-state index contributed by atoms with van der Waals surface area (Å²) in [6.07, 6.45) is -0.442. The molecule has 0 saturated heterocycles. The first-order valence-electron chi connectivity index (χ1n) is 9.43. The fraction of sp³-hybridized carbons (Fsp3) is 0.476. The minimum absolute atomic E-state index is 0.0419. The zero-order chi connectivity index (χ0) is 20.5. The van der Waals surface area contributed by atoms with Crippen LogP contribution >= 0.6 is 0 Å². The van der Waals surface area contributed by atoms with Gasteiger partial charge in [0.2, 0.25) is 0 Å². The smallest absolute Gasteiger partial charge is 0.180 e. The van der Waals surface area contributed by atoms with Crippen molar-refractivity contribution in [3.8, 4) is 11.5 Å². The standard InChI is InChI=1S/C21H30N2O5/c1-14(2)9-20(28-18-7-5-4-6-8-18)23-12-17(24)13-27-19-10-16(21(25)26)11-22-15(19)3/h4-8,10-11,14,17,20-21,23-26H,9,12-13H2,1-3H3. The summed E-state index contributed by atoms with van der Waals surface area (Å²) in [5.41, 5.74) is 0.844. The largest absolute Gasteiger partial charge is 0.489 e. The van der Waals surface area contributed by atoms with Crippen LogP contribution < -0.4 is 14.8 Å². The monoisotopic (exact) mass is 390 g/mol. The van der Waals surface area contributed by atoms with Gasteiger partial charge < -0.3 is 24.8 Å². The SMILES string of the molecule is Cc1ncc(C(O)O)cc1OCC(O)CNC(CC(C)C)Oc1ccccc1. The van der Waals surface area contributed by atoms with Gasteiger partial charge in [0.15, 0.2) is 12.5 Å². The van der Waals surface area contributed by atoms with Crippen molar-refractivity contribution in [1.82, 2.24) is 10.3 Å². The molecule has 1 heterocycles. The highest BCUT2D eigenvalue weighted by Crippen LogP contribution is 2.20. The number of rotatable bonds is 11. The van der Waals surface area contributed by atoms with Gasteiger partial charge >= 0.3 is 0 Å². The molecule has 28 heavy (non-hydrogen) atoms. The van der Waals surface area contributed by atoms with Crippen LogP contribution in [0.25, 0.3) is 0 Å². The molecular formula is C21H30N2O5. The fourth-order valence-corrected chi connectivity index (χ4v) is 2.59. The van der Waals surface area contributed by atoms with Gasteiger partial charge in [-0.2, -0.15) is 0 Å². The van der Waals surface area contributed by atoms with Crippen molar-refractivity contribution in [2.45, 2.75) is 45.8 Å². The lowest BCUT2D eigenvalue weighted by Crippen LogP contribution is -2.41. The second-order valence-corrected chi connectivity index (χ2v) is 7.15. The van der Waals surface area contributed by atoms with Crippen LogP contribution in [0.1, 0.15) is 37.8 Å². The molecule has 2 rings (SSSR count). The summed E-state index contributed by atoms with van der Waals surface area (Å²) in [4.78, 5) is 4.07. The van der Waals surface area contributed by atoms with Crippen molar-refractivity contribution in [3.63, 3.8) is 0 Å². The summed E-state index contributed by atoms with van der Waals surface area (Å²) < 4.78 is 11.6. The number of nitrogens with one attached hydrogen (secondary N) is 1. The van der Waals surface area contributed by atoms with E-state index in [1.165, 1.54) is 12.3 Å². The Morgan fingerprint density at radius 2 is 1.82 bits per heavy atom. The third kappa shape index (κ3) is 7.44. The minimum atomic E-state index is -1.62. The van der Waals surface area contributed by atoms with Crippen LogP contribution in [0.2, 0.25) is 0 Å². The van der Waals surface area contributed by atoms with Crippen LogP contribution in [0.3, 0.4) is 0 Å². The van der Waals surface area contributed by atoms with E-state index < -0.39 is 12.4 Å². The molecule has 0 amide bonds. The van der Waals surface area contributed by atoms with E-state index in [-0.39, 0.29) is 18.4 Å². The zero-order valence-electron chi connectivity index (χ0n) is 16.6.